The largest absolute Gasteiger partial charge is 0.271 e. The van der Waals surface area contributed by atoms with Gasteiger partial charge in [0.1, 0.15) is 0 Å². The van der Waals surface area contributed by atoms with Gasteiger partial charge in [0.2, 0.25) is 0 Å². The number of nitrogens with two attached hydrogens (primary N) is 1. The van der Waals surface area contributed by atoms with Gasteiger partial charge in [-0.2, -0.15) is 0 Å². The average Bonchev–Trinajstić information content (AvgIpc) is 2.46. The maximum absolute atomic E-state index is 11.5. The van der Waals surface area contributed by atoms with Crippen molar-refractivity contribution in [3.8, 4) is 0 Å². The lowest BCUT2D eigenvalue weighted by Gasteiger charge is -2.17. The predicted octanol–water partition coefficient (Wildman–Crippen LogP) is 2.60. The summed E-state index contributed by atoms with van der Waals surface area (Å²) in [6.45, 7) is 0. The molecule has 3 N–H and O–H groups in total. The van der Waals surface area contributed by atoms with Gasteiger partial charge in [0.15, 0.2) is 9.84 Å². The summed E-state index contributed by atoms with van der Waals surface area (Å²) in [4.78, 5) is 0.311. The van der Waals surface area contributed by atoms with Crippen LogP contribution < -0.4 is 11.3 Å². The number of nitrogens with one attached hydrogen (secondary N) is 1. The number of rotatable bonds is 5. The first-order chi connectivity index (χ1) is 9.90. The molecule has 2 aromatic carbocycles. The Labute approximate surface area is 133 Å². The highest BCUT2D eigenvalue weighted by Gasteiger charge is 2.12. The Kier molecular flexibility index (Phi) is 5.16. The molecule has 0 amide bonds. The third-order valence-corrected chi connectivity index (χ3v) is 4.92. The van der Waals surface area contributed by atoms with Gasteiger partial charge in [-0.3, -0.25) is 11.3 Å². The van der Waals surface area contributed by atoms with Crippen molar-refractivity contribution < 1.29 is 8.42 Å². The van der Waals surface area contributed by atoms with E-state index in [1.807, 2.05) is 24.3 Å². The summed E-state index contributed by atoms with van der Waals surface area (Å²) in [6.07, 6.45) is 1.92. The Morgan fingerprint density at radius 1 is 1.10 bits per heavy atom. The van der Waals surface area contributed by atoms with E-state index in [-0.39, 0.29) is 6.04 Å². The molecule has 0 spiro atoms. The summed E-state index contributed by atoms with van der Waals surface area (Å²) in [6, 6.07) is 14.7. The molecule has 1 atom stereocenters. The molecule has 0 aliphatic rings. The molecule has 0 aliphatic carbocycles. The van der Waals surface area contributed by atoms with E-state index < -0.39 is 9.84 Å². The number of hydrogen-bond acceptors (Lipinski definition) is 4. The smallest absolute Gasteiger partial charge is 0.175 e. The summed E-state index contributed by atoms with van der Waals surface area (Å²) in [5.74, 6) is 5.63. The standard InChI is InChI=1S/C15H17BrN2O2S/c1-21(19,20)14-8-4-12(5-9-14)15(18-17)10-11-2-6-13(16)7-3-11/h2-9,15,18H,10,17H2,1H3. The fraction of sp³-hybridized carbons (Fsp3) is 0.200. The molecule has 0 saturated heterocycles. The van der Waals surface area contributed by atoms with Crippen LogP contribution in [-0.2, 0) is 16.3 Å². The van der Waals surface area contributed by atoms with Crippen molar-refractivity contribution in [1.29, 1.82) is 0 Å². The quantitative estimate of drug-likeness (QED) is 0.628. The molecule has 112 valence electrons. The van der Waals surface area contributed by atoms with Crippen molar-refractivity contribution in [1.82, 2.24) is 5.43 Å². The van der Waals surface area contributed by atoms with E-state index in [0.29, 0.717) is 4.90 Å². The van der Waals surface area contributed by atoms with E-state index in [1.54, 1.807) is 24.3 Å². The van der Waals surface area contributed by atoms with Crippen LogP contribution in [0.5, 0.6) is 0 Å². The van der Waals surface area contributed by atoms with Gasteiger partial charge in [0.05, 0.1) is 4.90 Å². The minimum atomic E-state index is -3.17. The monoisotopic (exact) mass is 368 g/mol. The fourth-order valence-corrected chi connectivity index (χ4v) is 2.97. The van der Waals surface area contributed by atoms with Gasteiger partial charge in [-0.15, -0.1) is 0 Å². The topological polar surface area (TPSA) is 72.2 Å². The van der Waals surface area contributed by atoms with Gasteiger partial charge in [0.25, 0.3) is 0 Å². The van der Waals surface area contributed by atoms with Crippen molar-refractivity contribution in [2.24, 2.45) is 5.84 Å². The van der Waals surface area contributed by atoms with E-state index in [1.165, 1.54) is 6.26 Å². The van der Waals surface area contributed by atoms with Crippen LogP contribution >= 0.6 is 15.9 Å². The highest BCUT2D eigenvalue weighted by atomic mass is 79.9. The molecular weight excluding hydrogens is 352 g/mol. The molecule has 4 nitrogen and oxygen atoms in total. The van der Waals surface area contributed by atoms with Crippen LogP contribution in [0.1, 0.15) is 17.2 Å². The molecule has 0 heterocycles. The summed E-state index contributed by atoms with van der Waals surface area (Å²) in [5, 5.41) is 0. The molecule has 2 aromatic rings. The van der Waals surface area contributed by atoms with Crippen molar-refractivity contribution in [3.63, 3.8) is 0 Å². The minimum Gasteiger partial charge on any atom is -0.271 e. The lowest BCUT2D eigenvalue weighted by Crippen LogP contribution is -2.29. The molecule has 2 rings (SSSR count). The zero-order valence-corrected chi connectivity index (χ0v) is 14.0. The summed E-state index contributed by atoms with van der Waals surface area (Å²) in [5.41, 5.74) is 4.88. The van der Waals surface area contributed by atoms with Crippen molar-refractivity contribution in [2.75, 3.05) is 6.26 Å². The zero-order valence-electron chi connectivity index (χ0n) is 11.6. The molecule has 0 saturated carbocycles. The third-order valence-electron chi connectivity index (χ3n) is 3.26. The second-order valence-corrected chi connectivity index (χ2v) is 7.82. The first-order valence-corrected chi connectivity index (χ1v) is 9.09. The predicted molar refractivity (Wildman–Crippen MR) is 87.5 cm³/mol. The number of hydrazine groups is 1. The average molecular weight is 369 g/mol. The maximum atomic E-state index is 11.5. The van der Waals surface area contributed by atoms with Crippen molar-refractivity contribution >= 4 is 25.8 Å². The molecule has 0 radical (unpaired) electrons. The number of sulfone groups is 1. The van der Waals surface area contributed by atoms with Crippen LogP contribution in [0.3, 0.4) is 0 Å². The third kappa shape index (κ3) is 4.38. The molecule has 0 aromatic heterocycles. The second kappa shape index (κ2) is 6.70. The van der Waals surface area contributed by atoms with Crippen LogP contribution in [0.25, 0.3) is 0 Å². The minimum absolute atomic E-state index is 0.0696. The first kappa shape index (κ1) is 16.2. The Balaban J connectivity index is 2.19. The van der Waals surface area contributed by atoms with Crippen LogP contribution in [-0.4, -0.2) is 14.7 Å². The van der Waals surface area contributed by atoms with Gasteiger partial charge in [-0.05, 0) is 41.8 Å². The maximum Gasteiger partial charge on any atom is 0.175 e. The van der Waals surface area contributed by atoms with Crippen LogP contribution in [0.2, 0.25) is 0 Å². The highest BCUT2D eigenvalue weighted by molar-refractivity contribution is 9.10. The summed E-state index contributed by atoms with van der Waals surface area (Å²) < 4.78 is 24.0. The van der Waals surface area contributed by atoms with Crippen LogP contribution in [0.4, 0.5) is 0 Å². The van der Waals surface area contributed by atoms with E-state index in [9.17, 15) is 8.42 Å². The SMILES string of the molecule is CS(=O)(=O)c1ccc(C(Cc2ccc(Br)cc2)NN)cc1. The molecule has 0 fully saturated rings. The second-order valence-electron chi connectivity index (χ2n) is 4.89. The van der Waals surface area contributed by atoms with Gasteiger partial charge in [-0.25, -0.2) is 8.42 Å². The Bertz CT molecular complexity index is 697. The van der Waals surface area contributed by atoms with E-state index in [2.05, 4.69) is 21.4 Å². The van der Waals surface area contributed by atoms with Gasteiger partial charge < -0.3 is 0 Å². The summed E-state index contributed by atoms with van der Waals surface area (Å²) >= 11 is 3.40. The first-order valence-electron chi connectivity index (χ1n) is 6.41. The lowest BCUT2D eigenvalue weighted by atomic mass is 9.99. The summed E-state index contributed by atoms with van der Waals surface area (Å²) in [7, 11) is -3.17. The van der Waals surface area contributed by atoms with E-state index in [0.717, 1.165) is 22.0 Å². The fourth-order valence-electron chi connectivity index (χ4n) is 2.08. The molecule has 21 heavy (non-hydrogen) atoms. The van der Waals surface area contributed by atoms with Crippen molar-refractivity contribution in [3.05, 3.63) is 64.1 Å². The Morgan fingerprint density at radius 3 is 2.14 bits per heavy atom. The van der Waals surface area contributed by atoms with Gasteiger partial charge in [-0.1, -0.05) is 40.2 Å². The normalized spacial score (nSPS) is 13.1. The zero-order chi connectivity index (χ0) is 15.5. The molecular formula is C15H17BrN2O2S. The van der Waals surface area contributed by atoms with Crippen LogP contribution in [0, 0.1) is 0 Å². The molecule has 0 bridgehead atoms. The van der Waals surface area contributed by atoms with Gasteiger partial charge in [0, 0.05) is 16.8 Å². The highest BCUT2D eigenvalue weighted by Crippen LogP contribution is 2.21. The number of benzene rings is 2. The molecule has 1 unspecified atom stereocenters. The van der Waals surface area contributed by atoms with Crippen molar-refractivity contribution in [2.45, 2.75) is 17.4 Å². The van der Waals surface area contributed by atoms with Gasteiger partial charge >= 0.3 is 0 Å². The molecule has 6 heteroatoms. The number of halogens is 1. The lowest BCUT2D eigenvalue weighted by molar-refractivity contribution is 0.551. The van der Waals surface area contributed by atoms with E-state index >= 15 is 0 Å². The molecule has 0 aliphatic heterocycles. The Hall–Kier alpha value is -1.21. The van der Waals surface area contributed by atoms with Crippen LogP contribution in [0.15, 0.2) is 57.9 Å². The van der Waals surface area contributed by atoms with E-state index in [4.69, 9.17) is 5.84 Å². The Morgan fingerprint density at radius 2 is 1.67 bits per heavy atom. The number of hydrogen-bond donors (Lipinski definition) is 2.